The lowest BCUT2D eigenvalue weighted by Gasteiger charge is -2.73. The van der Waals surface area contributed by atoms with Gasteiger partial charge in [0.15, 0.2) is 6.29 Å². The second kappa shape index (κ2) is 15.5. The Morgan fingerprint density at radius 1 is 0.912 bits per heavy atom. The van der Waals surface area contributed by atoms with Crippen molar-refractivity contribution < 1.29 is 49.6 Å². The van der Waals surface area contributed by atoms with Crippen LogP contribution in [0.15, 0.2) is 35.9 Å². The van der Waals surface area contributed by atoms with Crippen LogP contribution in [0.25, 0.3) is 0 Å². The van der Waals surface area contributed by atoms with Gasteiger partial charge in [-0.15, -0.1) is 0 Å². The molecule has 0 spiro atoms. The van der Waals surface area contributed by atoms with E-state index in [9.17, 15) is 35.4 Å². The highest BCUT2D eigenvalue weighted by molar-refractivity contribution is 5.77. The first-order chi connectivity index (χ1) is 26.9. The van der Waals surface area contributed by atoms with Crippen LogP contribution in [0.3, 0.4) is 0 Å². The van der Waals surface area contributed by atoms with Gasteiger partial charge in [-0.2, -0.15) is 0 Å². The number of hydrogen-bond donors (Lipinski definition) is 7. The molecule has 7 rings (SSSR count). The number of aliphatic hydroxyl groups is 5. The van der Waals surface area contributed by atoms with Gasteiger partial charge in [0.05, 0.1) is 37.4 Å². The van der Waals surface area contributed by atoms with Crippen molar-refractivity contribution in [2.24, 2.45) is 56.2 Å². The van der Waals surface area contributed by atoms with Crippen LogP contribution in [0.1, 0.15) is 110 Å². The predicted octanol–water partition coefficient (Wildman–Crippen LogP) is 5.19. The molecule has 1 heterocycles. The van der Waals surface area contributed by atoms with E-state index in [0.29, 0.717) is 38.7 Å². The third-order valence-electron chi connectivity index (χ3n) is 17.7. The lowest BCUT2D eigenvalue weighted by atomic mass is 9.31. The normalized spacial score (nSPS) is 48.2. The SMILES string of the molecule is CCC1CC2(C(=O)O)CCC(C)(CO)CC2C2=CCC3C4(C)CC(OCc5ccc(CNC)cc5)C(OC5OCC(O)C(O)C5O)C(C)(CO)C4CCC3(C)C21C. The van der Waals surface area contributed by atoms with E-state index in [1.165, 1.54) is 5.57 Å². The van der Waals surface area contributed by atoms with Gasteiger partial charge in [-0.05, 0) is 115 Å². The third kappa shape index (κ3) is 6.60. The smallest absolute Gasteiger partial charge is 0.310 e. The Morgan fingerprint density at radius 3 is 2.25 bits per heavy atom. The largest absolute Gasteiger partial charge is 0.481 e. The number of carboxylic acid groups (broad SMARTS) is 1. The number of rotatable bonds is 11. The molecule has 6 aliphatic rings. The minimum Gasteiger partial charge on any atom is -0.481 e. The van der Waals surface area contributed by atoms with E-state index in [1.54, 1.807) is 0 Å². The summed E-state index contributed by atoms with van der Waals surface area (Å²) in [5.74, 6) is -0.488. The van der Waals surface area contributed by atoms with E-state index >= 15 is 0 Å². The highest BCUT2D eigenvalue weighted by Gasteiger charge is 2.73. The van der Waals surface area contributed by atoms with Gasteiger partial charge in [0.2, 0.25) is 0 Å². The van der Waals surface area contributed by atoms with Crippen LogP contribution in [0.5, 0.6) is 0 Å². The molecular weight excluding hydrogens is 727 g/mol. The summed E-state index contributed by atoms with van der Waals surface area (Å²) in [5.41, 5.74) is 0.671. The first-order valence-electron chi connectivity index (χ1n) is 21.7. The predicted molar refractivity (Wildman–Crippen MR) is 214 cm³/mol. The Balaban J connectivity index is 1.29. The summed E-state index contributed by atoms with van der Waals surface area (Å²) in [7, 11) is 1.92. The monoisotopic (exact) mass is 798 g/mol. The highest BCUT2D eigenvalue weighted by Crippen LogP contribution is 2.77. The zero-order valence-corrected chi connectivity index (χ0v) is 35.4. The molecule has 0 bridgehead atoms. The van der Waals surface area contributed by atoms with Crippen molar-refractivity contribution in [3.8, 4) is 0 Å². The molecule has 11 nitrogen and oxygen atoms in total. The fourth-order valence-electron chi connectivity index (χ4n) is 14.2. The van der Waals surface area contributed by atoms with E-state index in [0.717, 1.165) is 43.4 Å². The van der Waals surface area contributed by atoms with Gasteiger partial charge in [-0.25, -0.2) is 0 Å². The molecule has 5 aliphatic carbocycles. The second-order valence-electron chi connectivity index (χ2n) is 20.5. The van der Waals surface area contributed by atoms with Crippen molar-refractivity contribution >= 4 is 5.97 Å². The maximum atomic E-state index is 13.4. The topological polar surface area (TPSA) is 178 Å². The van der Waals surface area contributed by atoms with Crippen molar-refractivity contribution in [1.29, 1.82) is 0 Å². The first-order valence-corrected chi connectivity index (χ1v) is 21.7. The van der Waals surface area contributed by atoms with E-state index in [-0.39, 0.29) is 65.2 Å². The Labute approximate surface area is 339 Å². The Bertz CT molecular complexity index is 1660. The van der Waals surface area contributed by atoms with Crippen LogP contribution < -0.4 is 5.32 Å². The Kier molecular flexibility index (Phi) is 11.8. The van der Waals surface area contributed by atoms with Crippen LogP contribution in [0.2, 0.25) is 0 Å². The molecule has 0 aromatic heterocycles. The van der Waals surface area contributed by atoms with E-state index in [1.807, 2.05) is 7.05 Å². The van der Waals surface area contributed by atoms with Crippen LogP contribution in [-0.2, 0) is 32.2 Å². The third-order valence-corrected chi connectivity index (χ3v) is 17.7. The molecule has 1 aromatic rings. The number of carboxylic acids is 1. The molecule has 7 N–H and O–H groups in total. The number of carbonyl (C=O) groups is 1. The summed E-state index contributed by atoms with van der Waals surface area (Å²) in [6.07, 6.45) is 2.43. The number of aliphatic carboxylic acids is 1. The van der Waals surface area contributed by atoms with Gasteiger partial charge in [0.1, 0.15) is 18.3 Å². The molecule has 16 atom stereocenters. The van der Waals surface area contributed by atoms with Crippen LogP contribution >= 0.6 is 0 Å². The number of hydrogen-bond acceptors (Lipinski definition) is 10. The summed E-state index contributed by atoms with van der Waals surface area (Å²) in [6.45, 7) is 14.5. The lowest BCUT2D eigenvalue weighted by molar-refractivity contribution is -0.333. The standard InChI is InChI=1S/C46H71NO10/c1-8-29-19-46(40(53)54)18-17-41(2,25-48)20-31(46)30-13-14-35-42(3)21-33(55-23-28-11-9-27(10-12-28)22-47-7)38(57-39-37(52)36(51)32(50)24-56-39)43(4,26-49)34(42)15-16-44(35,5)45(29,30)6/h9-13,29,31-39,47-52H,8,14-26H2,1-7H3,(H,53,54). The van der Waals surface area contributed by atoms with Crippen LogP contribution in [-0.4, -0.2) is 100 Å². The number of nitrogens with one attached hydrogen (secondary N) is 1. The Morgan fingerprint density at radius 2 is 1.61 bits per heavy atom. The number of ether oxygens (including phenoxy) is 3. The van der Waals surface area contributed by atoms with Crippen molar-refractivity contribution in [2.75, 3.05) is 26.9 Å². The number of benzene rings is 1. The maximum Gasteiger partial charge on any atom is 0.310 e. The van der Waals surface area contributed by atoms with Crippen molar-refractivity contribution in [3.05, 3.63) is 47.0 Å². The van der Waals surface area contributed by atoms with E-state index in [2.05, 4.69) is 77.2 Å². The summed E-state index contributed by atoms with van der Waals surface area (Å²) >= 11 is 0. The molecule has 5 fully saturated rings. The number of fused-ring (bicyclic) bond motifs is 7. The summed E-state index contributed by atoms with van der Waals surface area (Å²) < 4.78 is 19.5. The molecule has 4 saturated carbocycles. The fourth-order valence-corrected chi connectivity index (χ4v) is 14.2. The molecule has 16 unspecified atom stereocenters. The number of allylic oxidation sites excluding steroid dienone is 2. The van der Waals surface area contributed by atoms with E-state index in [4.69, 9.17) is 14.2 Å². The van der Waals surface area contributed by atoms with Gasteiger partial charge in [0, 0.05) is 18.6 Å². The summed E-state index contributed by atoms with van der Waals surface area (Å²) in [5, 5.41) is 68.3. The van der Waals surface area contributed by atoms with Gasteiger partial charge in [0.25, 0.3) is 0 Å². The van der Waals surface area contributed by atoms with E-state index < -0.39 is 53.6 Å². The average Bonchev–Trinajstić information content (AvgIpc) is 3.18. The molecular formula is C46H71NO10. The first kappa shape index (κ1) is 43.2. The molecule has 0 amide bonds. The molecule has 320 valence electrons. The zero-order valence-electron chi connectivity index (χ0n) is 35.4. The van der Waals surface area contributed by atoms with Crippen LogP contribution in [0.4, 0.5) is 0 Å². The molecule has 1 aliphatic heterocycles. The van der Waals surface area contributed by atoms with Crippen molar-refractivity contribution in [1.82, 2.24) is 5.32 Å². The summed E-state index contributed by atoms with van der Waals surface area (Å²) in [4.78, 5) is 13.4. The van der Waals surface area contributed by atoms with Crippen molar-refractivity contribution in [3.63, 3.8) is 0 Å². The van der Waals surface area contributed by atoms with Gasteiger partial charge >= 0.3 is 5.97 Å². The minimum absolute atomic E-state index is 0.00249. The van der Waals surface area contributed by atoms with Gasteiger partial charge < -0.3 is 50.2 Å². The zero-order chi connectivity index (χ0) is 41.3. The maximum absolute atomic E-state index is 13.4. The molecule has 11 heteroatoms. The second-order valence-corrected chi connectivity index (χ2v) is 20.5. The Hall–Kier alpha value is -1.93. The van der Waals surface area contributed by atoms with Gasteiger partial charge in [-0.3, -0.25) is 4.79 Å². The molecule has 1 aromatic carbocycles. The quantitative estimate of drug-likeness (QED) is 0.116. The molecule has 0 radical (unpaired) electrons. The fraction of sp³-hybridized carbons (Fsp3) is 0.804. The lowest BCUT2D eigenvalue weighted by Crippen LogP contribution is -2.70. The molecule has 1 saturated heterocycles. The minimum atomic E-state index is -1.48. The molecule has 57 heavy (non-hydrogen) atoms. The van der Waals surface area contributed by atoms with Crippen LogP contribution in [0, 0.1) is 56.2 Å². The van der Waals surface area contributed by atoms with Gasteiger partial charge in [-0.1, -0.05) is 83.9 Å². The number of aliphatic hydroxyl groups excluding tert-OH is 5. The summed E-state index contributed by atoms with van der Waals surface area (Å²) in [6, 6.07) is 8.30. The highest BCUT2D eigenvalue weighted by atomic mass is 16.7. The average molecular weight is 798 g/mol. The van der Waals surface area contributed by atoms with Crippen molar-refractivity contribution in [2.45, 2.75) is 149 Å².